The van der Waals surface area contributed by atoms with Crippen LogP contribution in [0.15, 0.2) is 42.5 Å². The number of nitrogens with zero attached hydrogens (tertiary/aromatic N) is 1. The van der Waals surface area contributed by atoms with Crippen molar-refractivity contribution < 1.29 is 22.7 Å². The van der Waals surface area contributed by atoms with Gasteiger partial charge >= 0.3 is 0 Å². The number of hydrogen-bond donors (Lipinski definition) is 1. The first-order valence-corrected chi connectivity index (χ1v) is 11.1. The Morgan fingerprint density at radius 1 is 1.10 bits per heavy atom. The van der Waals surface area contributed by atoms with Crippen LogP contribution < -0.4 is 19.1 Å². The summed E-state index contributed by atoms with van der Waals surface area (Å²) in [7, 11) is -0.524. The third kappa shape index (κ3) is 5.87. The van der Waals surface area contributed by atoms with Gasteiger partial charge in [-0.2, -0.15) is 0 Å². The van der Waals surface area contributed by atoms with Crippen molar-refractivity contribution in [2.75, 3.05) is 31.3 Å². The van der Waals surface area contributed by atoms with Gasteiger partial charge in [0.25, 0.3) is 0 Å². The molecule has 1 N–H and O–H groups in total. The van der Waals surface area contributed by atoms with E-state index in [9.17, 15) is 13.2 Å². The number of ether oxygens (including phenoxy) is 2. The van der Waals surface area contributed by atoms with Gasteiger partial charge in [-0.15, -0.1) is 0 Å². The second-order valence-corrected chi connectivity index (χ2v) is 8.59. The van der Waals surface area contributed by atoms with Gasteiger partial charge in [0.1, 0.15) is 18.0 Å². The number of carbonyl (C=O) groups excluding carboxylic acids is 1. The third-order valence-electron chi connectivity index (χ3n) is 4.60. The van der Waals surface area contributed by atoms with Gasteiger partial charge < -0.3 is 14.8 Å². The summed E-state index contributed by atoms with van der Waals surface area (Å²) in [6.07, 6.45) is 1.93. The number of sulfonamides is 1. The predicted octanol–water partition coefficient (Wildman–Crippen LogP) is 2.91. The maximum Gasteiger partial charge on any atom is 0.241 e. The predicted molar refractivity (Wildman–Crippen MR) is 114 cm³/mol. The molecular formula is C21H28N2O5S. The number of aryl methyl sites for hydroxylation is 1. The van der Waals surface area contributed by atoms with Crippen molar-refractivity contribution in [1.29, 1.82) is 0 Å². The Morgan fingerprint density at radius 2 is 1.76 bits per heavy atom. The van der Waals surface area contributed by atoms with Gasteiger partial charge in [-0.1, -0.05) is 19.1 Å². The summed E-state index contributed by atoms with van der Waals surface area (Å²) in [5.74, 6) is 0.816. The lowest BCUT2D eigenvalue weighted by Gasteiger charge is -2.24. The standard InChI is InChI=1S/C21H28N2O5S/c1-6-16-7-9-17(10-8-16)23(29(5,25)26)14-21(24)22-15(2)19-13-18(27-3)11-12-20(19)28-4/h7-13,15H,6,14H2,1-5H3,(H,22,24)/t15-/m0/s1. The Kier molecular flexibility index (Phi) is 7.50. The van der Waals surface area contributed by atoms with Crippen LogP contribution in [0.25, 0.3) is 0 Å². The number of benzene rings is 2. The Morgan fingerprint density at radius 3 is 2.28 bits per heavy atom. The minimum atomic E-state index is -3.63. The van der Waals surface area contributed by atoms with Crippen LogP contribution in [0.2, 0.25) is 0 Å². The molecule has 0 saturated carbocycles. The lowest BCUT2D eigenvalue weighted by molar-refractivity contribution is -0.120. The van der Waals surface area contributed by atoms with Crippen molar-refractivity contribution in [3.8, 4) is 11.5 Å². The molecule has 1 atom stereocenters. The molecule has 2 aromatic carbocycles. The third-order valence-corrected chi connectivity index (χ3v) is 5.74. The highest BCUT2D eigenvalue weighted by atomic mass is 32.2. The summed E-state index contributed by atoms with van der Waals surface area (Å²) in [5, 5.41) is 2.84. The van der Waals surface area contributed by atoms with Crippen molar-refractivity contribution >= 4 is 21.6 Å². The summed E-state index contributed by atoms with van der Waals surface area (Å²) in [5.41, 5.74) is 2.27. The van der Waals surface area contributed by atoms with E-state index in [1.54, 1.807) is 51.5 Å². The molecule has 0 bridgehead atoms. The molecule has 29 heavy (non-hydrogen) atoms. The molecule has 0 saturated heterocycles. The fraction of sp³-hybridized carbons (Fsp3) is 0.381. The number of methoxy groups -OCH3 is 2. The van der Waals surface area contributed by atoms with Gasteiger partial charge in [0.2, 0.25) is 15.9 Å². The molecule has 2 rings (SSSR count). The summed E-state index contributed by atoms with van der Waals surface area (Å²) in [6.45, 7) is 3.50. The van der Waals surface area contributed by atoms with Crippen molar-refractivity contribution in [3.05, 3.63) is 53.6 Å². The van der Waals surface area contributed by atoms with Crippen molar-refractivity contribution in [3.63, 3.8) is 0 Å². The Hall–Kier alpha value is -2.74. The van der Waals surface area contributed by atoms with Crippen LogP contribution >= 0.6 is 0 Å². The van der Waals surface area contributed by atoms with E-state index in [0.717, 1.165) is 28.1 Å². The van der Waals surface area contributed by atoms with E-state index in [1.807, 2.05) is 19.1 Å². The molecule has 8 heteroatoms. The smallest absolute Gasteiger partial charge is 0.241 e. The second-order valence-electron chi connectivity index (χ2n) is 6.69. The zero-order valence-corrected chi connectivity index (χ0v) is 18.2. The number of nitrogens with one attached hydrogen (secondary N) is 1. The molecule has 2 aromatic rings. The summed E-state index contributed by atoms with van der Waals surface area (Å²) in [6, 6.07) is 12.0. The molecule has 7 nitrogen and oxygen atoms in total. The molecule has 0 spiro atoms. The zero-order valence-electron chi connectivity index (χ0n) is 17.4. The van der Waals surface area contributed by atoms with Crippen LogP contribution in [0.1, 0.15) is 31.0 Å². The highest BCUT2D eigenvalue weighted by Crippen LogP contribution is 2.29. The fourth-order valence-corrected chi connectivity index (χ4v) is 3.83. The molecule has 0 radical (unpaired) electrons. The SMILES string of the molecule is CCc1ccc(N(CC(=O)N[C@@H](C)c2cc(OC)ccc2OC)S(C)(=O)=O)cc1. The molecule has 1 amide bonds. The van der Waals surface area contributed by atoms with Crippen LogP contribution in [0, 0.1) is 0 Å². The Balaban J connectivity index is 2.20. The maximum atomic E-state index is 12.6. The van der Waals surface area contributed by atoms with Crippen LogP contribution in [-0.2, 0) is 21.2 Å². The molecule has 0 unspecified atom stereocenters. The number of amides is 1. The average Bonchev–Trinajstić information content (AvgIpc) is 2.70. The van der Waals surface area contributed by atoms with Gasteiger partial charge in [0.15, 0.2) is 0 Å². The van der Waals surface area contributed by atoms with E-state index in [1.165, 1.54) is 0 Å². The Bertz CT molecular complexity index is 942. The van der Waals surface area contributed by atoms with Crippen LogP contribution in [0.3, 0.4) is 0 Å². The van der Waals surface area contributed by atoms with Gasteiger partial charge in [-0.3, -0.25) is 9.10 Å². The second kappa shape index (κ2) is 9.65. The topological polar surface area (TPSA) is 84.9 Å². The first kappa shape index (κ1) is 22.5. The van der Waals surface area contributed by atoms with Gasteiger partial charge in [-0.25, -0.2) is 8.42 Å². The summed E-state index contributed by atoms with van der Waals surface area (Å²) in [4.78, 5) is 12.6. The van der Waals surface area contributed by atoms with Gasteiger partial charge in [0, 0.05) is 5.56 Å². The van der Waals surface area contributed by atoms with E-state index in [2.05, 4.69) is 5.32 Å². The summed E-state index contributed by atoms with van der Waals surface area (Å²) >= 11 is 0. The number of anilines is 1. The number of carbonyl (C=O) groups is 1. The highest BCUT2D eigenvalue weighted by Gasteiger charge is 2.23. The van der Waals surface area contributed by atoms with E-state index < -0.39 is 22.0 Å². The van der Waals surface area contributed by atoms with Gasteiger partial charge in [0.05, 0.1) is 32.2 Å². The Labute approximate surface area is 172 Å². The van der Waals surface area contributed by atoms with Crippen molar-refractivity contribution in [1.82, 2.24) is 5.32 Å². The van der Waals surface area contributed by atoms with Crippen molar-refractivity contribution in [2.45, 2.75) is 26.3 Å². The average molecular weight is 421 g/mol. The molecule has 0 fully saturated rings. The molecular weight excluding hydrogens is 392 g/mol. The quantitative estimate of drug-likeness (QED) is 0.674. The molecule has 0 aromatic heterocycles. The lowest BCUT2D eigenvalue weighted by atomic mass is 10.1. The molecule has 0 heterocycles. The molecule has 158 valence electrons. The molecule has 0 aliphatic carbocycles. The summed E-state index contributed by atoms with van der Waals surface area (Å²) < 4.78 is 36.2. The van der Waals surface area contributed by atoms with Crippen LogP contribution in [0.4, 0.5) is 5.69 Å². The number of hydrogen-bond acceptors (Lipinski definition) is 5. The maximum absolute atomic E-state index is 12.6. The van der Waals surface area contributed by atoms with Crippen LogP contribution in [0.5, 0.6) is 11.5 Å². The zero-order chi connectivity index (χ0) is 21.6. The largest absolute Gasteiger partial charge is 0.497 e. The molecule has 0 aliphatic heterocycles. The van der Waals surface area contributed by atoms with Gasteiger partial charge in [-0.05, 0) is 49.2 Å². The van der Waals surface area contributed by atoms with E-state index in [0.29, 0.717) is 17.2 Å². The first-order chi connectivity index (χ1) is 13.7. The number of rotatable bonds is 9. The van der Waals surface area contributed by atoms with E-state index >= 15 is 0 Å². The van der Waals surface area contributed by atoms with Crippen LogP contribution in [-0.4, -0.2) is 41.3 Å². The highest BCUT2D eigenvalue weighted by molar-refractivity contribution is 7.92. The van der Waals surface area contributed by atoms with Crippen molar-refractivity contribution in [2.24, 2.45) is 0 Å². The monoisotopic (exact) mass is 420 g/mol. The fourth-order valence-electron chi connectivity index (χ4n) is 2.97. The lowest BCUT2D eigenvalue weighted by Crippen LogP contribution is -2.41. The minimum Gasteiger partial charge on any atom is -0.497 e. The van der Waals surface area contributed by atoms with E-state index in [-0.39, 0.29) is 6.54 Å². The van der Waals surface area contributed by atoms with E-state index in [4.69, 9.17) is 9.47 Å². The first-order valence-electron chi connectivity index (χ1n) is 9.27. The molecule has 0 aliphatic rings. The minimum absolute atomic E-state index is 0.319. The normalized spacial score (nSPS) is 12.2.